The highest BCUT2D eigenvalue weighted by Gasteiger charge is 2.26. The van der Waals surface area contributed by atoms with Crippen molar-refractivity contribution < 1.29 is 40.2 Å². The molecule has 0 fully saturated rings. The molecule has 0 aliphatic heterocycles. The molecule has 8 nitrogen and oxygen atoms in total. The van der Waals surface area contributed by atoms with Gasteiger partial charge in [0, 0.05) is 13.8 Å². The molecule has 19 heavy (non-hydrogen) atoms. The molecule has 0 aromatic carbocycles. The lowest BCUT2D eigenvalue weighted by molar-refractivity contribution is -0.135. The van der Waals surface area contributed by atoms with Crippen molar-refractivity contribution >= 4 is 36.8 Å². The molecule has 0 radical (unpaired) electrons. The van der Waals surface area contributed by atoms with Crippen molar-refractivity contribution in [2.45, 2.75) is 13.8 Å². The fraction of sp³-hybridized carbons (Fsp3) is 0.778. The minimum absolute atomic E-state index is 0. The average molecular weight is 329 g/mol. The summed E-state index contributed by atoms with van der Waals surface area (Å²) in [6, 6.07) is 0. The van der Waals surface area contributed by atoms with E-state index < -0.39 is 43.8 Å². The van der Waals surface area contributed by atoms with Gasteiger partial charge >= 0.3 is 0 Å². The third kappa shape index (κ3) is 31.7. The number of aliphatic hydroxyl groups is 4. The molecule has 0 aliphatic rings. The van der Waals surface area contributed by atoms with Crippen molar-refractivity contribution in [3.05, 3.63) is 0 Å². The van der Waals surface area contributed by atoms with Crippen molar-refractivity contribution in [1.82, 2.24) is 0 Å². The largest absolute Gasteiger partial charge is 0.481 e. The predicted molar refractivity (Wildman–Crippen MR) is 71.9 cm³/mol. The number of halogens is 2. The highest BCUT2D eigenvalue weighted by Crippen LogP contribution is 2.11. The summed E-state index contributed by atoms with van der Waals surface area (Å²) in [5.41, 5.74) is -1.11. The molecule has 0 saturated carbocycles. The lowest BCUT2D eigenvalue weighted by Crippen LogP contribution is -2.37. The minimum atomic E-state index is -1.11. The highest BCUT2D eigenvalue weighted by molar-refractivity contribution is 5.85. The van der Waals surface area contributed by atoms with Crippen LogP contribution in [0.25, 0.3) is 0 Å². The Bertz CT molecular complexity index is 171. The van der Waals surface area contributed by atoms with Crippen LogP contribution in [0.5, 0.6) is 0 Å². The van der Waals surface area contributed by atoms with Crippen LogP contribution in [0.2, 0.25) is 0 Å². The van der Waals surface area contributed by atoms with Crippen molar-refractivity contribution in [1.29, 1.82) is 0 Å². The summed E-state index contributed by atoms with van der Waals surface area (Å²) >= 11 is 0. The number of carboxylic acid groups (broad SMARTS) is 2. The second-order valence-corrected chi connectivity index (χ2v) is 3.17. The fourth-order valence-electron chi connectivity index (χ4n) is 0.300. The van der Waals surface area contributed by atoms with Crippen molar-refractivity contribution in [3.63, 3.8) is 0 Å². The maximum Gasteiger partial charge on any atom is 0.300 e. The Balaban J connectivity index is -0.0000000560. The van der Waals surface area contributed by atoms with Gasteiger partial charge in [-0.2, -0.15) is 0 Å². The van der Waals surface area contributed by atoms with E-state index in [1.54, 1.807) is 0 Å². The van der Waals surface area contributed by atoms with Crippen LogP contribution in [-0.2, 0) is 9.59 Å². The predicted octanol–water partition coefficient (Wildman–Crippen LogP) is -1.03. The first-order chi connectivity index (χ1) is 7.71. The SMILES string of the molecule is CC(=O)O.CC(=O)O.Cl.Cl.OCC(CO)(CO)CO. The van der Waals surface area contributed by atoms with Gasteiger partial charge in [0.05, 0.1) is 31.8 Å². The van der Waals surface area contributed by atoms with Crippen LogP contribution < -0.4 is 0 Å². The zero-order valence-electron chi connectivity index (χ0n) is 10.6. The number of carboxylic acids is 2. The van der Waals surface area contributed by atoms with Gasteiger partial charge in [0.25, 0.3) is 11.9 Å². The molecule has 0 aliphatic carbocycles. The number of aliphatic carboxylic acids is 2. The van der Waals surface area contributed by atoms with E-state index in [1.165, 1.54) is 0 Å². The molecule has 0 saturated heterocycles. The quantitative estimate of drug-likeness (QED) is 0.382. The molecule has 120 valence electrons. The van der Waals surface area contributed by atoms with Gasteiger partial charge in [0.1, 0.15) is 0 Å². The fourth-order valence-corrected chi connectivity index (χ4v) is 0.300. The number of aliphatic hydroxyl groups excluding tert-OH is 4. The molecule has 0 bridgehead atoms. The van der Waals surface area contributed by atoms with Crippen LogP contribution in [0, 0.1) is 5.41 Å². The van der Waals surface area contributed by atoms with Crippen molar-refractivity contribution in [3.8, 4) is 0 Å². The van der Waals surface area contributed by atoms with Crippen LogP contribution >= 0.6 is 24.8 Å². The Kier molecular flexibility index (Phi) is 32.1. The Labute approximate surface area is 123 Å². The molecule has 0 aromatic heterocycles. The third-order valence-electron chi connectivity index (χ3n) is 1.34. The summed E-state index contributed by atoms with van der Waals surface area (Å²) < 4.78 is 0. The smallest absolute Gasteiger partial charge is 0.300 e. The van der Waals surface area contributed by atoms with Gasteiger partial charge in [-0.3, -0.25) is 9.59 Å². The molecule has 0 unspecified atom stereocenters. The van der Waals surface area contributed by atoms with E-state index in [0.717, 1.165) is 13.8 Å². The van der Waals surface area contributed by atoms with E-state index >= 15 is 0 Å². The molecular weight excluding hydrogens is 307 g/mol. The standard InChI is InChI=1S/C5H12O4.2C2H4O2.2ClH/c6-1-5(2-7,3-8)4-9;2*1-2(3)4;;/h6-9H,1-4H2;2*1H3,(H,3,4);2*1H. The maximum absolute atomic E-state index is 9.00. The molecule has 0 spiro atoms. The number of hydrogen-bond donors (Lipinski definition) is 6. The number of rotatable bonds is 4. The lowest BCUT2D eigenvalue weighted by Gasteiger charge is -2.23. The van der Waals surface area contributed by atoms with Crippen molar-refractivity contribution in [2.24, 2.45) is 5.41 Å². The van der Waals surface area contributed by atoms with Crippen LogP contribution in [-0.4, -0.2) is 69.0 Å². The van der Waals surface area contributed by atoms with Crippen LogP contribution in [0.4, 0.5) is 0 Å². The minimum Gasteiger partial charge on any atom is -0.481 e. The molecule has 0 atom stereocenters. The first-order valence-electron chi connectivity index (χ1n) is 4.53. The summed E-state index contributed by atoms with van der Waals surface area (Å²) in [6.07, 6.45) is 0. The number of carbonyl (C=O) groups is 2. The van der Waals surface area contributed by atoms with E-state index in [0.29, 0.717) is 0 Å². The Morgan fingerprint density at radius 3 is 0.842 bits per heavy atom. The van der Waals surface area contributed by atoms with E-state index in [1.807, 2.05) is 0 Å². The second-order valence-electron chi connectivity index (χ2n) is 3.17. The summed E-state index contributed by atoms with van der Waals surface area (Å²) in [5.74, 6) is -1.67. The topological polar surface area (TPSA) is 156 Å². The monoisotopic (exact) mass is 328 g/mol. The Morgan fingerprint density at radius 1 is 0.737 bits per heavy atom. The van der Waals surface area contributed by atoms with E-state index in [2.05, 4.69) is 0 Å². The summed E-state index contributed by atoms with van der Waals surface area (Å²) in [7, 11) is 0. The summed E-state index contributed by atoms with van der Waals surface area (Å²) in [4.78, 5) is 18.0. The van der Waals surface area contributed by atoms with Crippen molar-refractivity contribution in [2.75, 3.05) is 26.4 Å². The normalized spacial score (nSPS) is 8.32. The van der Waals surface area contributed by atoms with E-state index in [9.17, 15) is 0 Å². The molecule has 0 heterocycles. The van der Waals surface area contributed by atoms with E-state index in [-0.39, 0.29) is 24.8 Å². The third-order valence-corrected chi connectivity index (χ3v) is 1.34. The van der Waals surface area contributed by atoms with Crippen LogP contribution in [0.1, 0.15) is 13.8 Å². The van der Waals surface area contributed by atoms with Crippen LogP contribution in [0.3, 0.4) is 0 Å². The maximum atomic E-state index is 9.00. The van der Waals surface area contributed by atoms with Gasteiger partial charge in [-0.1, -0.05) is 0 Å². The summed E-state index contributed by atoms with van der Waals surface area (Å²) in [5, 5.41) is 48.8. The number of hydrogen-bond acceptors (Lipinski definition) is 6. The average Bonchev–Trinajstić information content (AvgIpc) is 2.20. The molecular formula is C9H22Cl2O8. The van der Waals surface area contributed by atoms with Crippen LogP contribution in [0.15, 0.2) is 0 Å². The van der Waals surface area contributed by atoms with Gasteiger partial charge in [-0.25, -0.2) is 0 Å². The van der Waals surface area contributed by atoms with Gasteiger partial charge < -0.3 is 30.6 Å². The molecule has 10 heteroatoms. The van der Waals surface area contributed by atoms with Gasteiger partial charge in [-0.15, -0.1) is 24.8 Å². The van der Waals surface area contributed by atoms with Gasteiger partial charge in [0.15, 0.2) is 0 Å². The highest BCUT2D eigenvalue weighted by atomic mass is 35.5. The first-order valence-corrected chi connectivity index (χ1v) is 4.53. The zero-order valence-corrected chi connectivity index (χ0v) is 12.3. The molecule has 0 amide bonds. The Morgan fingerprint density at radius 2 is 0.842 bits per heavy atom. The zero-order chi connectivity index (χ0) is 14.5. The van der Waals surface area contributed by atoms with Gasteiger partial charge in [-0.05, 0) is 0 Å². The second kappa shape index (κ2) is 19.7. The van der Waals surface area contributed by atoms with E-state index in [4.69, 9.17) is 40.2 Å². The lowest BCUT2D eigenvalue weighted by atomic mass is 9.93. The Hall–Kier alpha value is -0.640. The first kappa shape index (κ1) is 31.0. The molecule has 0 aromatic rings. The molecule has 0 rings (SSSR count). The molecule has 6 N–H and O–H groups in total. The van der Waals surface area contributed by atoms with Gasteiger partial charge in [0.2, 0.25) is 0 Å². The summed E-state index contributed by atoms with van der Waals surface area (Å²) in [6.45, 7) is 0.542.